The van der Waals surface area contributed by atoms with Gasteiger partial charge < -0.3 is 23.7 Å². The highest BCUT2D eigenvalue weighted by molar-refractivity contribution is 5.67. The molecule has 1 aliphatic rings. The quantitative estimate of drug-likeness (QED) is 0.0714. The van der Waals surface area contributed by atoms with E-state index in [0.717, 1.165) is 27.8 Å². The number of benzene rings is 5. The zero-order chi connectivity index (χ0) is 36.0. The van der Waals surface area contributed by atoms with Crippen LogP contribution in [-0.4, -0.2) is 36.0 Å². The van der Waals surface area contributed by atoms with Gasteiger partial charge in [0.05, 0.1) is 32.5 Å². The van der Waals surface area contributed by atoms with E-state index < -0.39 is 36.0 Å². The van der Waals surface area contributed by atoms with E-state index in [4.69, 9.17) is 23.7 Å². The third kappa shape index (κ3) is 9.52. The van der Waals surface area contributed by atoms with Gasteiger partial charge in [-0.1, -0.05) is 158 Å². The van der Waals surface area contributed by atoms with Crippen LogP contribution in [0.4, 0.5) is 0 Å². The number of ether oxygens (including phenoxy) is 5. The summed E-state index contributed by atoms with van der Waals surface area (Å²) in [5.41, 5.74) is 3.82. The third-order valence-corrected chi connectivity index (χ3v) is 9.62. The summed E-state index contributed by atoms with van der Waals surface area (Å²) in [4.78, 5) is 13.3. The summed E-state index contributed by atoms with van der Waals surface area (Å²) in [6.45, 7) is 6.81. The number of hydrogen-bond donors (Lipinski definition) is 0. The van der Waals surface area contributed by atoms with Gasteiger partial charge >= 0.3 is 5.97 Å². The van der Waals surface area contributed by atoms with Crippen LogP contribution in [0.15, 0.2) is 164 Å². The Morgan fingerprint density at radius 3 is 1.31 bits per heavy atom. The molecule has 268 valence electrons. The van der Waals surface area contributed by atoms with Crippen molar-refractivity contribution in [3.05, 3.63) is 192 Å². The third-order valence-electron chi connectivity index (χ3n) is 9.62. The van der Waals surface area contributed by atoms with Gasteiger partial charge in [0, 0.05) is 19.3 Å². The normalized spacial score (nSPS) is 22.8. The molecule has 5 aromatic rings. The fourth-order valence-electron chi connectivity index (χ4n) is 7.34. The van der Waals surface area contributed by atoms with Crippen LogP contribution in [-0.2, 0) is 61.3 Å². The van der Waals surface area contributed by atoms with Gasteiger partial charge in [-0.15, -0.1) is 6.58 Å². The summed E-state index contributed by atoms with van der Waals surface area (Å²) in [6.07, 6.45) is -0.0277. The van der Waals surface area contributed by atoms with Crippen molar-refractivity contribution in [1.29, 1.82) is 0 Å². The predicted molar refractivity (Wildman–Crippen MR) is 203 cm³/mol. The molecule has 0 aromatic heterocycles. The zero-order valence-electron chi connectivity index (χ0n) is 29.8. The standard InChI is InChI=1S/C46H48O6/c1-3-29-46(52-35(2)47)44(50-33-39-25-15-7-16-26-39)41(30-36-19-9-4-10-20-36)42(48-31-37-21-11-5-12-22-37)43(49-32-38-23-13-6-14-24-38)45(46)51-34-40-27-17-8-18-28-40/h3-28,41-45H,1,29-34H2,2H3. The lowest BCUT2D eigenvalue weighted by Crippen LogP contribution is -2.72. The molecule has 0 spiro atoms. The van der Waals surface area contributed by atoms with E-state index in [1.54, 1.807) is 6.08 Å². The van der Waals surface area contributed by atoms with Crippen molar-refractivity contribution < 1.29 is 28.5 Å². The minimum absolute atomic E-state index is 0.261. The average Bonchev–Trinajstić information content (AvgIpc) is 3.18. The SMILES string of the molecule is C=CCC1(OC(C)=O)C(OCc2ccccc2)C(Cc2ccccc2)C(OCc2ccccc2)C(OCc2ccccc2)C1OCc1ccccc1. The van der Waals surface area contributed by atoms with Crippen molar-refractivity contribution in [2.24, 2.45) is 5.92 Å². The second-order valence-corrected chi connectivity index (χ2v) is 13.4. The molecule has 6 atom stereocenters. The van der Waals surface area contributed by atoms with Crippen molar-refractivity contribution in [1.82, 2.24) is 0 Å². The Kier molecular flexibility index (Phi) is 13.2. The zero-order valence-corrected chi connectivity index (χ0v) is 29.8. The summed E-state index contributed by atoms with van der Waals surface area (Å²) in [6, 6.07) is 50.6. The highest BCUT2D eigenvalue weighted by atomic mass is 16.6. The first-order chi connectivity index (χ1) is 25.6. The van der Waals surface area contributed by atoms with Gasteiger partial charge in [-0.05, 0) is 34.2 Å². The lowest BCUT2D eigenvalue weighted by Gasteiger charge is -2.56. The van der Waals surface area contributed by atoms with Gasteiger partial charge in [0.2, 0.25) is 0 Å². The summed E-state index contributed by atoms with van der Waals surface area (Å²) in [7, 11) is 0. The maximum absolute atomic E-state index is 13.3. The Morgan fingerprint density at radius 1 is 0.538 bits per heavy atom. The lowest BCUT2D eigenvalue weighted by atomic mass is 9.66. The van der Waals surface area contributed by atoms with Gasteiger partial charge in [-0.2, -0.15) is 0 Å². The molecule has 0 amide bonds. The van der Waals surface area contributed by atoms with Crippen LogP contribution in [0.1, 0.15) is 41.2 Å². The van der Waals surface area contributed by atoms with Gasteiger partial charge in [-0.25, -0.2) is 0 Å². The van der Waals surface area contributed by atoms with Crippen molar-refractivity contribution in [2.45, 2.75) is 76.2 Å². The maximum Gasteiger partial charge on any atom is 0.303 e. The summed E-state index contributed by atoms with van der Waals surface area (Å²) in [5.74, 6) is -0.765. The molecule has 1 saturated carbocycles. The molecular formula is C46H48O6. The Hall–Kier alpha value is -4.85. The minimum Gasteiger partial charge on any atom is -0.453 e. The second-order valence-electron chi connectivity index (χ2n) is 13.4. The second kappa shape index (κ2) is 18.6. The minimum atomic E-state index is -1.31. The molecule has 0 heterocycles. The molecule has 52 heavy (non-hydrogen) atoms. The van der Waals surface area contributed by atoms with E-state index in [1.165, 1.54) is 6.92 Å². The predicted octanol–water partition coefficient (Wildman–Crippen LogP) is 9.08. The van der Waals surface area contributed by atoms with E-state index >= 15 is 0 Å². The fraction of sp³-hybridized carbons (Fsp3) is 0.283. The van der Waals surface area contributed by atoms with Gasteiger partial charge in [0.25, 0.3) is 0 Å². The molecule has 1 fully saturated rings. The van der Waals surface area contributed by atoms with E-state index in [-0.39, 0.29) is 18.9 Å². The number of carbonyl (C=O) groups excluding carboxylic acids is 1. The molecule has 6 nitrogen and oxygen atoms in total. The van der Waals surface area contributed by atoms with E-state index in [2.05, 4.69) is 30.8 Å². The van der Waals surface area contributed by atoms with Gasteiger partial charge in [-0.3, -0.25) is 4.79 Å². The monoisotopic (exact) mass is 696 g/mol. The first-order valence-electron chi connectivity index (χ1n) is 18.0. The highest BCUT2D eigenvalue weighted by Gasteiger charge is 2.63. The highest BCUT2D eigenvalue weighted by Crippen LogP contribution is 2.47. The molecule has 0 bridgehead atoms. The van der Waals surface area contributed by atoms with Gasteiger partial charge in [0.1, 0.15) is 18.3 Å². The van der Waals surface area contributed by atoms with Crippen molar-refractivity contribution in [3.8, 4) is 0 Å². The molecular weight excluding hydrogens is 649 g/mol. The smallest absolute Gasteiger partial charge is 0.303 e. The average molecular weight is 697 g/mol. The van der Waals surface area contributed by atoms with E-state index in [1.807, 2.05) is 127 Å². The topological polar surface area (TPSA) is 63.2 Å². The Bertz CT molecular complexity index is 1780. The summed E-state index contributed by atoms with van der Waals surface area (Å²) in [5, 5.41) is 0. The van der Waals surface area contributed by atoms with Crippen LogP contribution >= 0.6 is 0 Å². The largest absolute Gasteiger partial charge is 0.453 e. The Labute approximate surface area is 308 Å². The molecule has 0 saturated heterocycles. The summed E-state index contributed by atoms with van der Waals surface area (Å²) >= 11 is 0. The molecule has 6 rings (SSSR count). The van der Waals surface area contributed by atoms with Crippen LogP contribution in [0.2, 0.25) is 0 Å². The van der Waals surface area contributed by atoms with Crippen LogP contribution in [0.25, 0.3) is 0 Å². The Balaban J connectivity index is 1.51. The lowest BCUT2D eigenvalue weighted by molar-refractivity contribution is -0.301. The first kappa shape index (κ1) is 36.9. The van der Waals surface area contributed by atoms with E-state index in [9.17, 15) is 4.79 Å². The van der Waals surface area contributed by atoms with Crippen LogP contribution in [0.3, 0.4) is 0 Å². The maximum atomic E-state index is 13.3. The number of rotatable bonds is 17. The molecule has 1 aliphatic carbocycles. The molecule has 0 radical (unpaired) electrons. The molecule has 5 aromatic carbocycles. The molecule has 0 N–H and O–H groups in total. The van der Waals surface area contributed by atoms with Crippen molar-refractivity contribution in [3.63, 3.8) is 0 Å². The number of carbonyl (C=O) groups is 1. The van der Waals surface area contributed by atoms with Crippen molar-refractivity contribution in [2.75, 3.05) is 0 Å². The van der Waals surface area contributed by atoms with Crippen LogP contribution in [0, 0.1) is 5.92 Å². The molecule has 6 unspecified atom stereocenters. The molecule has 6 heteroatoms. The summed E-state index contributed by atoms with van der Waals surface area (Å²) < 4.78 is 34.7. The molecule has 0 aliphatic heterocycles. The Morgan fingerprint density at radius 2 is 0.904 bits per heavy atom. The van der Waals surface area contributed by atoms with Crippen LogP contribution < -0.4 is 0 Å². The first-order valence-corrected chi connectivity index (χ1v) is 18.0. The van der Waals surface area contributed by atoms with Crippen LogP contribution in [0.5, 0.6) is 0 Å². The number of hydrogen-bond acceptors (Lipinski definition) is 6. The fourth-order valence-corrected chi connectivity index (χ4v) is 7.34. The van der Waals surface area contributed by atoms with Crippen molar-refractivity contribution >= 4 is 5.97 Å². The van der Waals surface area contributed by atoms with E-state index in [0.29, 0.717) is 26.2 Å². The van der Waals surface area contributed by atoms with Gasteiger partial charge in [0.15, 0.2) is 5.60 Å². The number of esters is 1.